The van der Waals surface area contributed by atoms with Crippen molar-refractivity contribution in [2.45, 2.75) is 45.1 Å². The van der Waals surface area contributed by atoms with E-state index in [-0.39, 0.29) is 42.2 Å². The lowest BCUT2D eigenvalue weighted by Gasteiger charge is -2.36. The number of benzene rings is 3. The molecule has 0 aromatic heterocycles. The van der Waals surface area contributed by atoms with Crippen LogP contribution >= 0.6 is 12.4 Å². The van der Waals surface area contributed by atoms with Crippen LogP contribution in [0.2, 0.25) is 0 Å². The van der Waals surface area contributed by atoms with E-state index in [2.05, 4.69) is 37.8 Å². The normalized spacial score (nSPS) is 17.4. The molecule has 7 heteroatoms. The van der Waals surface area contributed by atoms with Gasteiger partial charge in [0, 0.05) is 29.6 Å². The van der Waals surface area contributed by atoms with Crippen LogP contribution < -0.4 is 4.74 Å². The largest absolute Gasteiger partial charge is 0.491 e. The minimum Gasteiger partial charge on any atom is -0.491 e. The number of aliphatic hydroxyl groups is 1. The number of carbonyl (C=O) groups is 2. The lowest BCUT2D eigenvalue weighted by Crippen LogP contribution is -2.46. The average molecular weight is 537 g/mol. The Kier molecular flexibility index (Phi) is 8.46. The number of carbonyl (C=O) groups excluding carboxylic acids is 2. The molecule has 1 atom stereocenters. The quantitative estimate of drug-likeness (QED) is 0.415. The number of hydrogen-bond donors (Lipinski definition) is 1. The molecule has 1 unspecified atom stereocenters. The maximum absolute atomic E-state index is 13.2. The van der Waals surface area contributed by atoms with Crippen LogP contribution in [-0.2, 0) is 5.41 Å². The molecule has 202 valence electrons. The predicted octanol–water partition coefficient (Wildman–Crippen LogP) is 5.31. The summed E-state index contributed by atoms with van der Waals surface area (Å²) in [5, 5.41) is 12.2. The second-order valence-electron chi connectivity index (χ2n) is 11.4. The van der Waals surface area contributed by atoms with Crippen LogP contribution in [0.5, 0.6) is 5.75 Å². The molecule has 0 aliphatic carbocycles. The fourth-order valence-electron chi connectivity index (χ4n) is 5.45. The number of amides is 2. The van der Waals surface area contributed by atoms with Gasteiger partial charge in [0.25, 0.3) is 11.8 Å². The fraction of sp³-hybridized carbons (Fsp3) is 0.419. The van der Waals surface area contributed by atoms with Gasteiger partial charge in [-0.25, -0.2) is 0 Å². The molecule has 1 saturated heterocycles. The molecular weight excluding hydrogens is 500 g/mol. The second kappa shape index (κ2) is 11.4. The van der Waals surface area contributed by atoms with Gasteiger partial charge in [-0.2, -0.15) is 0 Å². The first kappa shape index (κ1) is 28.1. The monoisotopic (exact) mass is 536 g/mol. The second-order valence-corrected chi connectivity index (χ2v) is 11.4. The highest BCUT2D eigenvalue weighted by Gasteiger charge is 2.35. The van der Waals surface area contributed by atoms with Crippen LogP contribution in [0.4, 0.5) is 0 Å². The van der Waals surface area contributed by atoms with E-state index in [4.69, 9.17) is 4.74 Å². The number of piperidine rings is 1. The summed E-state index contributed by atoms with van der Waals surface area (Å²) in [6.07, 6.45) is 1.18. The minimum absolute atomic E-state index is 0. The Hall–Kier alpha value is -2.93. The van der Waals surface area contributed by atoms with Crippen LogP contribution in [0.3, 0.4) is 0 Å². The first-order valence-corrected chi connectivity index (χ1v) is 13.2. The first-order chi connectivity index (χ1) is 17.7. The van der Waals surface area contributed by atoms with Crippen LogP contribution in [0.1, 0.15) is 59.9 Å². The molecule has 2 heterocycles. The third-order valence-electron chi connectivity index (χ3n) is 7.64. The number of aliphatic hydroxyl groups excluding tert-OH is 1. The minimum atomic E-state index is -0.582. The summed E-state index contributed by atoms with van der Waals surface area (Å²) in [6, 6.07) is 19.3. The predicted molar refractivity (Wildman–Crippen MR) is 152 cm³/mol. The van der Waals surface area contributed by atoms with Gasteiger partial charge in [0.1, 0.15) is 18.5 Å². The molecule has 0 spiro atoms. The average Bonchev–Trinajstić information content (AvgIpc) is 2.89. The molecule has 0 radical (unpaired) electrons. The molecule has 6 nitrogen and oxygen atoms in total. The van der Waals surface area contributed by atoms with Crippen molar-refractivity contribution < 1.29 is 19.4 Å². The summed E-state index contributed by atoms with van der Waals surface area (Å²) in [6.45, 7) is 9.41. The van der Waals surface area contributed by atoms with Crippen molar-refractivity contribution in [3.63, 3.8) is 0 Å². The standard InChI is InChI=1S/C31H36N2O4.ClH/c1-31(2,3)23-10-12-25(13-11-23)37-20-24(34)19-32-16-14-21(15-17-32)18-33-29(35)26-8-4-6-22-7-5-9-27(28(22)26)30(33)36;/h4-13,21,24,34H,14-20H2,1-3H3;1H. The van der Waals surface area contributed by atoms with E-state index in [0.29, 0.717) is 24.2 Å². The highest BCUT2D eigenvalue weighted by Crippen LogP contribution is 2.31. The van der Waals surface area contributed by atoms with Gasteiger partial charge in [0.05, 0.1) is 0 Å². The van der Waals surface area contributed by atoms with Crippen LogP contribution in [0.25, 0.3) is 10.8 Å². The zero-order valence-electron chi connectivity index (χ0n) is 22.4. The molecule has 3 aromatic carbocycles. The smallest absolute Gasteiger partial charge is 0.261 e. The highest BCUT2D eigenvalue weighted by molar-refractivity contribution is 6.25. The molecule has 0 bridgehead atoms. The highest BCUT2D eigenvalue weighted by atomic mass is 35.5. The van der Waals surface area contributed by atoms with Crippen molar-refractivity contribution in [2.75, 3.05) is 32.8 Å². The summed E-state index contributed by atoms with van der Waals surface area (Å²) >= 11 is 0. The molecule has 2 amide bonds. The Balaban J connectivity index is 0.00000336. The summed E-state index contributed by atoms with van der Waals surface area (Å²) in [7, 11) is 0. The number of halogens is 1. The molecular formula is C31H37ClN2O4. The number of imide groups is 1. The summed E-state index contributed by atoms with van der Waals surface area (Å²) < 4.78 is 5.82. The number of nitrogens with zero attached hydrogens (tertiary/aromatic N) is 2. The summed E-state index contributed by atoms with van der Waals surface area (Å²) in [5.41, 5.74) is 2.57. The van der Waals surface area contributed by atoms with E-state index in [1.165, 1.54) is 10.5 Å². The van der Waals surface area contributed by atoms with Gasteiger partial charge >= 0.3 is 0 Å². The number of β-amino-alcohol motifs (C(OH)–C–C–N with tert-alkyl or cyclic N) is 1. The van der Waals surface area contributed by atoms with Crippen molar-refractivity contribution in [1.82, 2.24) is 9.80 Å². The van der Waals surface area contributed by atoms with Crippen LogP contribution in [0.15, 0.2) is 60.7 Å². The zero-order chi connectivity index (χ0) is 26.2. The first-order valence-electron chi connectivity index (χ1n) is 13.2. The molecule has 2 aliphatic rings. The lowest BCUT2D eigenvalue weighted by atomic mass is 9.87. The zero-order valence-corrected chi connectivity index (χ0v) is 23.2. The number of rotatable bonds is 7. The van der Waals surface area contributed by atoms with E-state index < -0.39 is 6.10 Å². The van der Waals surface area contributed by atoms with Gasteiger partial charge in [-0.15, -0.1) is 12.4 Å². The van der Waals surface area contributed by atoms with E-state index in [0.717, 1.165) is 42.5 Å². The van der Waals surface area contributed by atoms with E-state index in [1.54, 1.807) is 0 Å². The maximum Gasteiger partial charge on any atom is 0.261 e. The van der Waals surface area contributed by atoms with Gasteiger partial charge < -0.3 is 14.7 Å². The van der Waals surface area contributed by atoms with Crippen molar-refractivity contribution in [2.24, 2.45) is 5.92 Å². The Morgan fingerprint density at radius 2 is 1.50 bits per heavy atom. The number of likely N-dealkylation sites (tertiary alicyclic amines) is 1. The van der Waals surface area contributed by atoms with Crippen LogP contribution in [0, 0.1) is 5.92 Å². The van der Waals surface area contributed by atoms with Gasteiger partial charge in [0.2, 0.25) is 0 Å². The number of ether oxygens (including phenoxy) is 1. The number of hydrogen-bond acceptors (Lipinski definition) is 5. The molecule has 1 fully saturated rings. The fourth-order valence-corrected chi connectivity index (χ4v) is 5.45. The third-order valence-corrected chi connectivity index (χ3v) is 7.64. The van der Waals surface area contributed by atoms with Gasteiger partial charge in [0.15, 0.2) is 0 Å². The van der Waals surface area contributed by atoms with Crippen LogP contribution in [-0.4, -0.2) is 65.6 Å². The topological polar surface area (TPSA) is 70.1 Å². The van der Waals surface area contributed by atoms with Crippen molar-refractivity contribution in [3.05, 3.63) is 77.4 Å². The summed E-state index contributed by atoms with van der Waals surface area (Å²) in [4.78, 5) is 30.1. The molecule has 38 heavy (non-hydrogen) atoms. The van der Waals surface area contributed by atoms with E-state index >= 15 is 0 Å². The Morgan fingerprint density at radius 3 is 2.05 bits per heavy atom. The molecule has 1 N–H and O–H groups in total. The molecule has 3 aromatic rings. The molecule has 2 aliphatic heterocycles. The van der Waals surface area contributed by atoms with Crippen molar-refractivity contribution in [3.8, 4) is 5.75 Å². The van der Waals surface area contributed by atoms with Crippen molar-refractivity contribution in [1.29, 1.82) is 0 Å². The van der Waals surface area contributed by atoms with Gasteiger partial charge in [-0.3, -0.25) is 14.5 Å². The SMILES string of the molecule is CC(C)(C)c1ccc(OCC(O)CN2CCC(CN3C(=O)c4cccc5cccc(c45)C3=O)CC2)cc1.Cl. The Bertz CT molecular complexity index is 1240. The maximum atomic E-state index is 13.2. The van der Waals surface area contributed by atoms with Gasteiger partial charge in [-0.05, 0) is 72.5 Å². The van der Waals surface area contributed by atoms with E-state index in [9.17, 15) is 14.7 Å². The molecule has 5 rings (SSSR count). The lowest BCUT2D eigenvalue weighted by molar-refractivity contribution is 0.0453. The van der Waals surface area contributed by atoms with E-state index in [1.807, 2.05) is 48.5 Å². The Labute approximate surface area is 231 Å². The third kappa shape index (κ3) is 5.88. The molecule has 0 saturated carbocycles. The van der Waals surface area contributed by atoms with Crippen molar-refractivity contribution >= 4 is 35.0 Å². The summed E-state index contributed by atoms with van der Waals surface area (Å²) in [5.74, 6) is 0.627. The van der Waals surface area contributed by atoms with Gasteiger partial charge in [-0.1, -0.05) is 57.2 Å². The Morgan fingerprint density at radius 1 is 0.921 bits per heavy atom.